The molecule has 1 amide bonds. The van der Waals surface area contributed by atoms with Gasteiger partial charge in [0, 0.05) is 12.7 Å². The van der Waals surface area contributed by atoms with Gasteiger partial charge >= 0.3 is 6.09 Å². The zero-order valence-electron chi connectivity index (χ0n) is 9.34. The zero-order valence-corrected chi connectivity index (χ0v) is 9.34. The largest absolute Gasteiger partial charge is 0.443 e. The van der Waals surface area contributed by atoms with E-state index >= 15 is 0 Å². The molecule has 0 heterocycles. The quantitative estimate of drug-likeness (QED) is 0.628. The minimum absolute atomic E-state index is 0.317. The fourth-order valence-corrected chi connectivity index (χ4v) is 0.668. The molecule has 0 rings (SSSR count). The zero-order chi connectivity index (χ0) is 10.6. The second-order valence-electron chi connectivity index (χ2n) is 3.97. The summed E-state index contributed by atoms with van der Waals surface area (Å²) in [6, 6.07) is 0. The molecule has 0 aliphatic heterocycles. The van der Waals surface area contributed by atoms with E-state index in [-0.39, 0.29) is 6.09 Å². The number of carbonyl (C=O) groups is 1. The van der Waals surface area contributed by atoms with Crippen LogP contribution < -0.4 is 0 Å². The number of hydrogen-bond donors (Lipinski definition) is 0. The molecule has 0 unspecified atom stereocenters. The lowest BCUT2D eigenvalue weighted by molar-refractivity contribution is 0.0353. The Balaban J connectivity index is 4.29. The van der Waals surface area contributed by atoms with Gasteiger partial charge in [0.25, 0.3) is 0 Å². The molecule has 3 heteroatoms. The maximum absolute atomic E-state index is 11.4. The molecule has 0 aromatic heterocycles. The number of allylic oxidation sites excluding steroid dienone is 2. The summed E-state index contributed by atoms with van der Waals surface area (Å²) in [6.45, 7) is 9.30. The lowest BCUT2D eigenvalue weighted by Gasteiger charge is -2.24. The summed E-state index contributed by atoms with van der Waals surface area (Å²) in [7, 11) is 1.70. The average Bonchev–Trinajstić information content (AvgIpc) is 1.98. The van der Waals surface area contributed by atoms with Gasteiger partial charge in [0.2, 0.25) is 0 Å². The van der Waals surface area contributed by atoms with E-state index in [9.17, 15) is 4.79 Å². The Labute approximate surface area is 80.4 Å². The predicted molar refractivity (Wildman–Crippen MR) is 53.4 cm³/mol. The molecular formula is C10H19NO2. The molecule has 0 atom stereocenters. The molecule has 0 spiro atoms. The van der Waals surface area contributed by atoms with Crippen LogP contribution in [0.3, 0.4) is 0 Å². The van der Waals surface area contributed by atoms with Crippen LogP contribution >= 0.6 is 0 Å². The molecule has 0 bridgehead atoms. The molecule has 76 valence electrons. The van der Waals surface area contributed by atoms with Gasteiger partial charge in [0.15, 0.2) is 0 Å². The molecule has 0 aliphatic rings. The number of ether oxygens (including phenoxy) is 1. The van der Waals surface area contributed by atoms with Gasteiger partial charge in [-0.2, -0.15) is 0 Å². The molecule has 0 saturated carbocycles. The lowest BCUT2D eigenvalue weighted by atomic mass is 10.2. The number of amides is 1. The summed E-state index contributed by atoms with van der Waals surface area (Å²) in [5, 5.41) is 0. The minimum atomic E-state index is -0.431. The lowest BCUT2D eigenvalue weighted by Crippen LogP contribution is -2.33. The Hall–Kier alpha value is -0.990. The van der Waals surface area contributed by atoms with E-state index in [2.05, 4.69) is 0 Å². The van der Waals surface area contributed by atoms with Crippen molar-refractivity contribution >= 4 is 6.09 Å². The molecule has 3 nitrogen and oxygen atoms in total. The third kappa shape index (κ3) is 4.55. The van der Waals surface area contributed by atoms with Gasteiger partial charge in [-0.25, -0.2) is 4.79 Å². The van der Waals surface area contributed by atoms with Gasteiger partial charge in [0.05, 0.1) is 0 Å². The van der Waals surface area contributed by atoms with Crippen LogP contribution in [-0.2, 0) is 4.74 Å². The van der Waals surface area contributed by atoms with Crippen molar-refractivity contribution in [1.29, 1.82) is 0 Å². The van der Waals surface area contributed by atoms with E-state index in [0.717, 1.165) is 5.70 Å². The van der Waals surface area contributed by atoms with Crippen molar-refractivity contribution in [2.45, 2.75) is 40.2 Å². The maximum atomic E-state index is 11.4. The van der Waals surface area contributed by atoms with Crippen molar-refractivity contribution < 1.29 is 9.53 Å². The van der Waals surface area contributed by atoms with E-state index in [0.29, 0.717) is 0 Å². The molecular weight excluding hydrogens is 166 g/mol. The van der Waals surface area contributed by atoms with Gasteiger partial charge in [0.1, 0.15) is 5.60 Å². The average molecular weight is 185 g/mol. The van der Waals surface area contributed by atoms with E-state index in [1.807, 2.05) is 40.7 Å². The highest BCUT2D eigenvalue weighted by Crippen LogP contribution is 2.11. The Bertz CT molecular complexity index is 213. The highest BCUT2D eigenvalue weighted by molar-refractivity contribution is 5.69. The monoisotopic (exact) mass is 185 g/mol. The Morgan fingerprint density at radius 1 is 1.38 bits per heavy atom. The summed E-state index contributed by atoms with van der Waals surface area (Å²) < 4.78 is 5.17. The molecule has 0 N–H and O–H groups in total. The number of hydrogen-bond acceptors (Lipinski definition) is 2. The van der Waals surface area contributed by atoms with E-state index in [1.54, 1.807) is 7.05 Å². The first kappa shape index (κ1) is 12.0. The van der Waals surface area contributed by atoms with Crippen LogP contribution in [0.15, 0.2) is 11.8 Å². The maximum Gasteiger partial charge on any atom is 0.414 e. The SMILES string of the molecule is CC=C(C)N(C)C(=O)OC(C)(C)C. The molecule has 0 fully saturated rings. The number of nitrogens with zero attached hydrogens (tertiary/aromatic N) is 1. The molecule has 0 aromatic rings. The van der Waals surface area contributed by atoms with Crippen molar-refractivity contribution in [2.75, 3.05) is 7.05 Å². The fraction of sp³-hybridized carbons (Fsp3) is 0.700. The third-order valence-electron chi connectivity index (χ3n) is 1.61. The van der Waals surface area contributed by atoms with Crippen molar-refractivity contribution in [3.8, 4) is 0 Å². The first-order chi connectivity index (χ1) is 5.78. The Morgan fingerprint density at radius 2 is 1.85 bits per heavy atom. The van der Waals surface area contributed by atoms with Gasteiger partial charge in [-0.3, -0.25) is 4.90 Å². The smallest absolute Gasteiger partial charge is 0.414 e. The topological polar surface area (TPSA) is 29.5 Å². The Morgan fingerprint density at radius 3 is 2.15 bits per heavy atom. The van der Waals surface area contributed by atoms with E-state index in [1.165, 1.54) is 4.90 Å². The summed E-state index contributed by atoms with van der Waals surface area (Å²) in [5.74, 6) is 0. The first-order valence-electron chi connectivity index (χ1n) is 4.37. The number of carbonyl (C=O) groups excluding carboxylic acids is 1. The highest BCUT2D eigenvalue weighted by Gasteiger charge is 2.19. The molecule has 0 aromatic carbocycles. The molecule has 13 heavy (non-hydrogen) atoms. The summed E-state index contributed by atoms with van der Waals surface area (Å²) in [6.07, 6.45) is 1.55. The van der Waals surface area contributed by atoms with Crippen molar-refractivity contribution in [3.05, 3.63) is 11.8 Å². The third-order valence-corrected chi connectivity index (χ3v) is 1.61. The van der Waals surface area contributed by atoms with Crippen LogP contribution in [0.25, 0.3) is 0 Å². The van der Waals surface area contributed by atoms with Crippen molar-refractivity contribution in [3.63, 3.8) is 0 Å². The predicted octanol–water partition coefficient (Wildman–Crippen LogP) is 2.78. The first-order valence-corrected chi connectivity index (χ1v) is 4.37. The number of rotatable bonds is 1. The van der Waals surface area contributed by atoms with Crippen LogP contribution in [-0.4, -0.2) is 23.6 Å². The highest BCUT2D eigenvalue weighted by atomic mass is 16.6. The standard InChI is InChI=1S/C10H19NO2/c1-7-8(2)11(6)9(12)13-10(3,4)5/h7H,1-6H3. The summed E-state index contributed by atoms with van der Waals surface area (Å²) >= 11 is 0. The second-order valence-corrected chi connectivity index (χ2v) is 3.97. The van der Waals surface area contributed by atoms with Gasteiger partial charge < -0.3 is 4.74 Å². The van der Waals surface area contributed by atoms with Crippen LogP contribution in [0.1, 0.15) is 34.6 Å². The van der Waals surface area contributed by atoms with E-state index < -0.39 is 5.60 Å². The second kappa shape index (κ2) is 4.30. The van der Waals surface area contributed by atoms with Crippen LogP contribution in [0, 0.1) is 0 Å². The normalized spacial score (nSPS) is 12.6. The van der Waals surface area contributed by atoms with Crippen molar-refractivity contribution in [2.24, 2.45) is 0 Å². The van der Waals surface area contributed by atoms with Crippen LogP contribution in [0.2, 0.25) is 0 Å². The Kier molecular flexibility index (Phi) is 3.98. The summed E-state index contributed by atoms with van der Waals surface area (Å²) in [4.78, 5) is 12.9. The molecule has 0 saturated heterocycles. The van der Waals surface area contributed by atoms with Gasteiger partial charge in [-0.1, -0.05) is 6.08 Å². The van der Waals surface area contributed by atoms with Crippen LogP contribution in [0.4, 0.5) is 4.79 Å². The van der Waals surface area contributed by atoms with Crippen molar-refractivity contribution in [1.82, 2.24) is 4.90 Å². The van der Waals surface area contributed by atoms with Crippen LogP contribution in [0.5, 0.6) is 0 Å². The fourth-order valence-electron chi connectivity index (χ4n) is 0.668. The minimum Gasteiger partial charge on any atom is -0.443 e. The van der Waals surface area contributed by atoms with Gasteiger partial charge in [-0.15, -0.1) is 0 Å². The van der Waals surface area contributed by atoms with E-state index in [4.69, 9.17) is 4.74 Å². The molecule has 0 aliphatic carbocycles. The summed E-state index contributed by atoms with van der Waals surface area (Å²) in [5.41, 5.74) is 0.452. The van der Waals surface area contributed by atoms with Gasteiger partial charge in [-0.05, 0) is 34.6 Å². The molecule has 0 radical (unpaired) electrons.